The van der Waals surface area contributed by atoms with Crippen molar-refractivity contribution in [2.24, 2.45) is 0 Å². The zero-order valence-electron chi connectivity index (χ0n) is 27.0. The van der Waals surface area contributed by atoms with E-state index in [1.54, 1.807) is 17.5 Å². The molecule has 0 unspecified atom stereocenters. The van der Waals surface area contributed by atoms with E-state index >= 15 is 0 Å². The van der Waals surface area contributed by atoms with E-state index in [9.17, 15) is 0 Å². The van der Waals surface area contributed by atoms with Gasteiger partial charge < -0.3 is 14.4 Å². The van der Waals surface area contributed by atoms with Crippen molar-refractivity contribution in [3.05, 3.63) is 143 Å². The van der Waals surface area contributed by atoms with Crippen molar-refractivity contribution in [2.45, 2.75) is 40.5 Å². The number of benzene rings is 4. The van der Waals surface area contributed by atoms with Gasteiger partial charge in [-0.15, -0.1) is 65.4 Å². The number of pyridine rings is 2. The Balaban J connectivity index is 0.000000250. The van der Waals surface area contributed by atoms with E-state index in [0.717, 1.165) is 44.5 Å². The Bertz CT molecular complexity index is 2260. The number of nitrogens with zero attached hydrogens (tertiary/aromatic N) is 2. The summed E-state index contributed by atoms with van der Waals surface area (Å²) in [5.74, 6) is 0.372. The molecule has 0 amide bonds. The number of rotatable bonds is 4. The Morgan fingerprint density at radius 2 is 1.49 bits per heavy atom. The summed E-state index contributed by atoms with van der Waals surface area (Å²) in [4.78, 5) is 10.4. The monoisotopic (exact) mass is 807 g/mol. The van der Waals surface area contributed by atoms with E-state index in [-0.39, 0.29) is 20.1 Å². The van der Waals surface area contributed by atoms with Gasteiger partial charge in [-0.05, 0) is 84.1 Å². The van der Waals surface area contributed by atoms with E-state index in [2.05, 4.69) is 100 Å². The standard InChI is InChI=1S/C31H26NOS.C11H8N.Ir/c1-17(2)26-16-32-27(15-24(26)29-18(3)8-6-9-19(29)4)23-11-7-10-21-22-12-13-28-25(14-20(5)34-28)31(22)33-30(21)23;1-2-6-10(7-3-1)11-8-4-5-9-12-11;/h6-10,12-17H,1-5H3;1-6,8-9H;/q2*-1;. The summed E-state index contributed by atoms with van der Waals surface area (Å²) >= 11 is 1.80. The second kappa shape index (κ2) is 13.8. The number of hydrogen-bond donors (Lipinski definition) is 0. The maximum Gasteiger partial charge on any atom is 0.129 e. The molecule has 8 rings (SSSR count). The van der Waals surface area contributed by atoms with Crippen LogP contribution in [0.2, 0.25) is 0 Å². The molecule has 5 heteroatoms. The van der Waals surface area contributed by atoms with Gasteiger partial charge in [0.15, 0.2) is 0 Å². The van der Waals surface area contributed by atoms with E-state index in [1.807, 2.05) is 54.7 Å². The molecule has 4 heterocycles. The number of furan rings is 1. The maximum atomic E-state index is 6.57. The van der Waals surface area contributed by atoms with Gasteiger partial charge in [-0.25, -0.2) is 0 Å². The van der Waals surface area contributed by atoms with Crippen molar-refractivity contribution in [1.82, 2.24) is 9.97 Å². The Labute approximate surface area is 293 Å². The molecular formula is C42H34IrN2OS-2. The fourth-order valence-corrected chi connectivity index (χ4v) is 7.14. The van der Waals surface area contributed by atoms with Crippen LogP contribution in [-0.2, 0) is 20.1 Å². The summed E-state index contributed by atoms with van der Waals surface area (Å²) in [5, 5.41) is 3.43. The fraction of sp³-hybridized carbons (Fsp3) is 0.143. The molecule has 8 aromatic rings. The van der Waals surface area contributed by atoms with Gasteiger partial charge in [0.2, 0.25) is 0 Å². The van der Waals surface area contributed by atoms with Crippen molar-refractivity contribution in [3.8, 4) is 33.6 Å². The normalized spacial score (nSPS) is 11.1. The van der Waals surface area contributed by atoms with Crippen LogP contribution in [0.4, 0.5) is 0 Å². The SMILES string of the molecule is Cc1cc2c(ccc3c4cc[c-]c(-c5cc(-c6c(C)cccc6C)c(C(C)C)cn5)c4oc23)s1.[Ir].[c-]1ccccc1-c1ccccn1. The second-order valence-electron chi connectivity index (χ2n) is 12.0. The summed E-state index contributed by atoms with van der Waals surface area (Å²) in [6.45, 7) is 11.0. The van der Waals surface area contributed by atoms with Crippen molar-refractivity contribution < 1.29 is 24.5 Å². The van der Waals surface area contributed by atoms with E-state index < -0.39 is 0 Å². The minimum Gasteiger partial charge on any atom is -0.500 e. The number of hydrogen-bond acceptors (Lipinski definition) is 4. The average molecular weight is 807 g/mol. The third-order valence-electron chi connectivity index (χ3n) is 8.43. The van der Waals surface area contributed by atoms with Gasteiger partial charge in [0.25, 0.3) is 0 Å². The second-order valence-corrected chi connectivity index (χ2v) is 13.3. The van der Waals surface area contributed by atoms with Crippen LogP contribution in [0.3, 0.4) is 0 Å². The van der Waals surface area contributed by atoms with Crippen molar-refractivity contribution >= 4 is 43.4 Å². The van der Waals surface area contributed by atoms with Gasteiger partial charge in [0.05, 0.1) is 5.58 Å². The number of fused-ring (bicyclic) bond motifs is 5. The quantitative estimate of drug-likeness (QED) is 0.166. The zero-order valence-corrected chi connectivity index (χ0v) is 30.2. The summed E-state index contributed by atoms with van der Waals surface area (Å²) in [5.41, 5.74) is 12.0. The summed E-state index contributed by atoms with van der Waals surface area (Å²) in [6, 6.07) is 39.7. The first-order valence-corrected chi connectivity index (χ1v) is 16.4. The molecule has 0 aliphatic carbocycles. The zero-order chi connectivity index (χ0) is 31.8. The first-order valence-electron chi connectivity index (χ1n) is 15.6. The first-order chi connectivity index (χ1) is 22.4. The third kappa shape index (κ3) is 6.32. The Morgan fingerprint density at radius 1 is 0.702 bits per heavy atom. The summed E-state index contributed by atoms with van der Waals surface area (Å²) < 4.78 is 7.83. The Hall–Kier alpha value is -4.41. The van der Waals surface area contributed by atoms with Crippen LogP contribution in [0.1, 0.15) is 41.3 Å². The van der Waals surface area contributed by atoms with Gasteiger partial charge in [-0.3, -0.25) is 0 Å². The molecule has 1 radical (unpaired) electrons. The van der Waals surface area contributed by atoms with Gasteiger partial charge in [0.1, 0.15) is 5.58 Å². The van der Waals surface area contributed by atoms with E-state index in [4.69, 9.17) is 9.40 Å². The first kappa shape index (κ1) is 32.5. The molecule has 0 spiro atoms. The molecule has 0 atom stereocenters. The molecule has 0 saturated heterocycles. The van der Waals surface area contributed by atoms with Gasteiger partial charge in [0, 0.05) is 52.8 Å². The predicted molar refractivity (Wildman–Crippen MR) is 193 cm³/mol. The minimum absolute atomic E-state index is 0. The Morgan fingerprint density at radius 3 is 2.21 bits per heavy atom. The van der Waals surface area contributed by atoms with Crippen LogP contribution in [0.5, 0.6) is 0 Å². The molecule has 4 aromatic heterocycles. The summed E-state index contributed by atoms with van der Waals surface area (Å²) in [6.07, 6.45) is 3.83. The predicted octanol–water partition coefficient (Wildman–Crippen LogP) is 11.9. The maximum absolute atomic E-state index is 6.57. The average Bonchev–Trinajstić information content (AvgIpc) is 3.65. The van der Waals surface area contributed by atoms with Crippen molar-refractivity contribution in [2.75, 3.05) is 0 Å². The molecule has 47 heavy (non-hydrogen) atoms. The van der Waals surface area contributed by atoms with Crippen LogP contribution in [0.25, 0.3) is 65.7 Å². The molecule has 0 bridgehead atoms. The van der Waals surface area contributed by atoms with E-state index in [0.29, 0.717) is 5.92 Å². The van der Waals surface area contributed by atoms with Crippen LogP contribution in [-0.4, -0.2) is 9.97 Å². The van der Waals surface area contributed by atoms with Crippen LogP contribution < -0.4 is 0 Å². The molecule has 0 fully saturated rings. The van der Waals surface area contributed by atoms with Crippen LogP contribution in [0.15, 0.2) is 114 Å². The van der Waals surface area contributed by atoms with Gasteiger partial charge in [-0.1, -0.05) is 67.3 Å². The number of aryl methyl sites for hydroxylation is 3. The molecule has 0 N–H and O–H groups in total. The number of thiophene rings is 1. The van der Waals surface area contributed by atoms with E-state index in [1.165, 1.54) is 42.8 Å². The smallest absolute Gasteiger partial charge is 0.129 e. The van der Waals surface area contributed by atoms with Crippen LogP contribution >= 0.6 is 11.3 Å². The third-order valence-corrected chi connectivity index (χ3v) is 9.45. The summed E-state index contributed by atoms with van der Waals surface area (Å²) in [7, 11) is 0. The topological polar surface area (TPSA) is 38.9 Å². The number of aromatic nitrogens is 2. The molecule has 4 aromatic carbocycles. The molecule has 3 nitrogen and oxygen atoms in total. The molecule has 0 aliphatic rings. The largest absolute Gasteiger partial charge is 0.500 e. The van der Waals surface area contributed by atoms with Crippen molar-refractivity contribution in [3.63, 3.8) is 0 Å². The Kier molecular flexibility index (Phi) is 9.52. The van der Waals surface area contributed by atoms with Crippen LogP contribution in [0, 0.1) is 32.9 Å². The van der Waals surface area contributed by atoms with Gasteiger partial charge in [-0.2, -0.15) is 0 Å². The molecule has 0 saturated carbocycles. The van der Waals surface area contributed by atoms with Gasteiger partial charge >= 0.3 is 0 Å². The molecule has 235 valence electrons. The fourth-order valence-electron chi connectivity index (χ4n) is 6.22. The van der Waals surface area contributed by atoms with Crippen molar-refractivity contribution in [1.29, 1.82) is 0 Å². The molecular weight excluding hydrogens is 773 g/mol. The minimum atomic E-state index is 0. The molecule has 0 aliphatic heterocycles.